The second kappa shape index (κ2) is 7.10. The van der Waals surface area contributed by atoms with Crippen molar-refractivity contribution in [1.82, 2.24) is 0 Å². The molecule has 2 aromatic rings. The van der Waals surface area contributed by atoms with Gasteiger partial charge in [-0.1, -0.05) is 20.2 Å². The van der Waals surface area contributed by atoms with Crippen LogP contribution in [-0.4, -0.2) is 60.7 Å². The average molecular weight is 396 g/mol. The number of nitrogens with one attached hydrogen (secondary N) is 1. The third-order valence-corrected chi connectivity index (χ3v) is 9.90. The summed E-state index contributed by atoms with van der Waals surface area (Å²) in [7, 11) is -1.80. The number of rotatable bonds is 2. The molecular weight excluding hydrogens is 366 g/mol. The van der Waals surface area contributed by atoms with Crippen molar-refractivity contribution in [2.45, 2.75) is 13.1 Å². The number of fused-ring (bicyclic) bond motifs is 2. The fraction of sp³-hybridized carbons (Fsp3) is 0.455. The minimum atomic E-state index is -1.80. The van der Waals surface area contributed by atoms with Gasteiger partial charge in [0.05, 0.1) is 26.4 Å². The van der Waals surface area contributed by atoms with E-state index in [4.69, 9.17) is 9.47 Å². The molecule has 0 amide bonds. The Hall–Kier alpha value is -2.02. The van der Waals surface area contributed by atoms with Gasteiger partial charge in [0.1, 0.15) is 0 Å². The molecule has 5 rings (SSSR count). The highest BCUT2D eigenvalue weighted by atomic mass is 28.3. The Balaban J connectivity index is 1.51. The van der Waals surface area contributed by atoms with Crippen LogP contribution in [0.3, 0.4) is 0 Å². The van der Waals surface area contributed by atoms with Crippen molar-refractivity contribution in [3.63, 3.8) is 0 Å². The van der Waals surface area contributed by atoms with Crippen molar-refractivity contribution in [3.05, 3.63) is 36.4 Å². The van der Waals surface area contributed by atoms with Gasteiger partial charge < -0.3 is 24.6 Å². The fourth-order valence-corrected chi connectivity index (χ4v) is 7.59. The Morgan fingerprint density at radius 2 is 1.14 bits per heavy atom. The van der Waals surface area contributed by atoms with E-state index in [0.29, 0.717) is 0 Å². The first-order chi connectivity index (χ1) is 13.6. The van der Waals surface area contributed by atoms with Crippen LogP contribution in [0.4, 0.5) is 22.7 Å². The highest BCUT2D eigenvalue weighted by Crippen LogP contribution is 2.30. The van der Waals surface area contributed by atoms with Gasteiger partial charge in [0, 0.05) is 48.9 Å². The molecule has 3 aliphatic heterocycles. The fourth-order valence-electron chi connectivity index (χ4n) is 4.64. The first kappa shape index (κ1) is 18.0. The Labute approximate surface area is 168 Å². The molecule has 0 radical (unpaired) electrons. The van der Waals surface area contributed by atoms with Crippen molar-refractivity contribution in [2.24, 2.45) is 0 Å². The zero-order valence-corrected chi connectivity index (χ0v) is 17.8. The summed E-state index contributed by atoms with van der Waals surface area (Å²) < 4.78 is 11.1. The van der Waals surface area contributed by atoms with E-state index in [-0.39, 0.29) is 0 Å². The van der Waals surface area contributed by atoms with Gasteiger partial charge in [-0.3, -0.25) is 0 Å². The molecule has 3 aliphatic rings. The predicted octanol–water partition coefficient (Wildman–Crippen LogP) is 2.24. The van der Waals surface area contributed by atoms with E-state index in [1.54, 1.807) is 0 Å². The molecular formula is C22H29N3O2Si-. The molecule has 28 heavy (non-hydrogen) atoms. The lowest BCUT2D eigenvalue weighted by Gasteiger charge is -2.46. The Bertz CT molecular complexity index is 805. The van der Waals surface area contributed by atoms with Crippen molar-refractivity contribution >= 4 is 41.2 Å². The van der Waals surface area contributed by atoms with E-state index in [9.17, 15) is 0 Å². The minimum Gasteiger partial charge on any atom is -0.378 e. The Morgan fingerprint density at radius 1 is 0.714 bits per heavy atom. The van der Waals surface area contributed by atoms with Gasteiger partial charge >= 0.3 is 0 Å². The summed E-state index contributed by atoms with van der Waals surface area (Å²) in [5.74, 6) is 0. The van der Waals surface area contributed by atoms with Gasteiger partial charge in [-0.25, -0.2) is 0 Å². The van der Waals surface area contributed by atoms with E-state index in [0.717, 1.165) is 52.6 Å². The normalized spacial score (nSPS) is 20.9. The van der Waals surface area contributed by atoms with Crippen LogP contribution >= 0.6 is 0 Å². The zero-order valence-electron chi connectivity index (χ0n) is 16.8. The number of ether oxygens (including phenoxy) is 2. The molecule has 0 spiro atoms. The van der Waals surface area contributed by atoms with Crippen LogP contribution in [-0.2, 0) is 9.47 Å². The number of morpholine rings is 2. The van der Waals surface area contributed by atoms with Crippen molar-refractivity contribution in [1.29, 1.82) is 0 Å². The molecule has 0 bridgehead atoms. The molecule has 0 saturated carbocycles. The van der Waals surface area contributed by atoms with Gasteiger partial charge in [0.25, 0.3) is 0 Å². The van der Waals surface area contributed by atoms with E-state index in [1.165, 1.54) is 33.1 Å². The topological polar surface area (TPSA) is 37.0 Å². The summed E-state index contributed by atoms with van der Waals surface area (Å²) in [6.45, 7) is 12.2. The van der Waals surface area contributed by atoms with E-state index in [2.05, 4.69) is 64.6 Å². The first-order valence-corrected chi connectivity index (χ1v) is 13.3. The van der Waals surface area contributed by atoms with Crippen LogP contribution in [0.1, 0.15) is 0 Å². The molecule has 1 N–H and O–H groups in total. The number of anilines is 4. The van der Waals surface area contributed by atoms with Crippen LogP contribution in [0, 0.1) is 0 Å². The van der Waals surface area contributed by atoms with E-state index < -0.39 is 8.07 Å². The van der Waals surface area contributed by atoms with Gasteiger partial charge in [-0.15, -0.1) is 0 Å². The second-order valence-corrected chi connectivity index (χ2v) is 12.7. The highest BCUT2D eigenvalue weighted by Gasteiger charge is 2.26. The van der Waals surface area contributed by atoms with Crippen molar-refractivity contribution in [3.8, 4) is 0 Å². The number of benzene rings is 2. The lowest BCUT2D eigenvalue weighted by atomic mass is 10.2. The predicted molar refractivity (Wildman–Crippen MR) is 119 cm³/mol. The number of hydrogen-bond donors (Lipinski definition) is 1. The van der Waals surface area contributed by atoms with Crippen LogP contribution < -0.4 is 25.5 Å². The van der Waals surface area contributed by atoms with Gasteiger partial charge in [0.15, 0.2) is 0 Å². The maximum atomic E-state index is 5.53. The summed E-state index contributed by atoms with van der Waals surface area (Å²) in [5, 5.41) is 6.71. The third-order valence-electron chi connectivity index (χ3n) is 6.37. The van der Waals surface area contributed by atoms with Crippen LogP contribution in [0.15, 0.2) is 36.4 Å². The molecule has 0 aliphatic carbocycles. The molecule has 0 unspecified atom stereocenters. The molecule has 2 fully saturated rings. The van der Waals surface area contributed by atoms with Gasteiger partial charge in [-0.2, -0.15) is 23.5 Å². The number of hydrogen-bond acceptors (Lipinski definition) is 5. The summed E-state index contributed by atoms with van der Waals surface area (Å²) in [5.41, 5.74) is 5.22. The summed E-state index contributed by atoms with van der Waals surface area (Å²) in [6.07, 6.45) is 0. The van der Waals surface area contributed by atoms with Crippen LogP contribution in [0.5, 0.6) is 0 Å². The molecule has 5 nitrogen and oxygen atoms in total. The lowest BCUT2D eigenvalue weighted by Crippen LogP contribution is -2.57. The molecule has 2 saturated heterocycles. The smallest absolute Gasteiger partial charge is 0.0642 e. The largest absolute Gasteiger partial charge is 0.378 e. The lowest BCUT2D eigenvalue weighted by molar-refractivity contribution is 0.122. The first-order valence-electron chi connectivity index (χ1n) is 10.3. The van der Waals surface area contributed by atoms with Crippen LogP contribution in [0.25, 0.3) is 0 Å². The van der Waals surface area contributed by atoms with Crippen LogP contribution in [0.2, 0.25) is 13.1 Å². The molecule has 0 atom stereocenters. The standard InChI is InChI=1S/C22H29N3O2Si/c1-28(2)21-15-17(24-7-11-26-12-8-24)3-5-19(21)23-20-6-4-18(16-22(20)28)25-9-13-27-14-10-25/h3-6,15-16,23H,7-14H2,1-2H3/q-1. The van der Waals surface area contributed by atoms with E-state index >= 15 is 0 Å². The third kappa shape index (κ3) is 3.09. The maximum absolute atomic E-state index is 5.53. The molecule has 3 heterocycles. The Kier molecular flexibility index (Phi) is 4.57. The molecule has 2 aromatic carbocycles. The summed E-state index contributed by atoms with van der Waals surface area (Å²) in [4.78, 5) is 4.90. The molecule has 149 valence electrons. The van der Waals surface area contributed by atoms with Crippen molar-refractivity contribution in [2.75, 3.05) is 67.7 Å². The zero-order chi connectivity index (χ0) is 19.1. The number of nitrogens with zero attached hydrogens (tertiary/aromatic N) is 2. The van der Waals surface area contributed by atoms with Gasteiger partial charge in [-0.05, 0) is 24.3 Å². The SMILES string of the molecule is C[Si-]1(C)c2cc(N3CCOCC3)ccc2Nc2ccc(N3CCOCC3)cc21. The molecule has 6 heteroatoms. The minimum absolute atomic E-state index is 0.821. The highest BCUT2D eigenvalue weighted by molar-refractivity contribution is 7.02. The quantitative estimate of drug-likeness (QED) is 0.790. The summed E-state index contributed by atoms with van der Waals surface area (Å²) >= 11 is 0. The van der Waals surface area contributed by atoms with Crippen molar-refractivity contribution < 1.29 is 9.47 Å². The average Bonchev–Trinajstić information content (AvgIpc) is 2.75. The Morgan fingerprint density at radius 3 is 1.57 bits per heavy atom. The monoisotopic (exact) mass is 395 g/mol. The summed E-state index contributed by atoms with van der Waals surface area (Å²) in [6, 6.07) is 13.9. The van der Waals surface area contributed by atoms with Gasteiger partial charge in [0.2, 0.25) is 0 Å². The second-order valence-electron chi connectivity index (χ2n) is 8.41. The maximum Gasteiger partial charge on any atom is 0.0642 e. The van der Waals surface area contributed by atoms with E-state index in [1.807, 2.05) is 0 Å². The molecule has 0 aromatic heterocycles.